The van der Waals surface area contributed by atoms with Crippen molar-refractivity contribution < 1.29 is 9.90 Å². The number of hydrogen-bond donors (Lipinski definition) is 1. The molecule has 2 fully saturated rings. The summed E-state index contributed by atoms with van der Waals surface area (Å²) in [5.74, 6) is 0.798. The Balaban J connectivity index is 2.12. The molecular formula is C15H27NO2. The highest BCUT2D eigenvalue weighted by Crippen LogP contribution is 2.34. The van der Waals surface area contributed by atoms with Crippen molar-refractivity contribution >= 4 is 5.97 Å². The van der Waals surface area contributed by atoms with Gasteiger partial charge in [0.25, 0.3) is 0 Å². The summed E-state index contributed by atoms with van der Waals surface area (Å²) in [6, 6.07) is 0.262. The van der Waals surface area contributed by atoms with Crippen molar-refractivity contribution in [1.29, 1.82) is 0 Å². The molecular weight excluding hydrogens is 226 g/mol. The number of carboxylic acid groups (broad SMARTS) is 1. The molecule has 3 heteroatoms. The van der Waals surface area contributed by atoms with Crippen LogP contribution in [0.5, 0.6) is 0 Å². The lowest BCUT2D eigenvalue weighted by atomic mass is 9.78. The highest BCUT2D eigenvalue weighted by molar-refractivity contribution is 5.73. The molecule has 1 N–H and O–H groups in total. The van der Waals surface area contributed by atoms with Gasteiger partial charge in [0.15, 0.2) is 0 Å². The minimum Gasteiger partial charge on any atom is -0.480 e. The van der Waals surface area contributed by atoms with Crippen LogP contribution < -0.4 is 0 Å². The van der Waals surface area contributed by atoms with Crippen LogP contribution in [0.15, 0.2) is 0 Å². The van der Waals surface area contributed by atoms with Crippen LogP contribution in [0.3, 0.4) is 0 Å². The molecule has 0 aromatic rings. The summed E-state index contributed by atoms with van der Waals surface area (Å²) in [4.78, 5) is 13.8. The maximum atomic E-state index is 11.5. The van der Waals surface area contributed by atoms with E-state index >= 15 is 0 Å². The van der Waals surface area contributed by atoms with Gasteiger partial charge < -0.3 is 5.11 Å². The van der Waals surface area contributed by atoms with E-state index in [-0.39, 0.29) is 6.04 Å². The van der Waals surface area contributed by atoms with E-state index in [1.54, 1.807) is 0 Å². The summed E-state index contributed by atoms with van der Waals surface area (Å²) in [6.07, 6.45) is 8.03. The molecule has 1 heterocycles. The van der Waals surface area contributed by atoms with Crippen molar-refractivity contribution in [1.82, 2.24) is 4.90 Å². The monoisotopic (exact) mass is 253 g/mol. The van der Waals surface area contributed by atoms with Gasteiger partial charge in [-0.3, -0.25) is 9.69 Å². The maximum Gasteiger partial charge on any atom is 0.320 e. The van der Waals surface area contributed by atoms with Crippen molar-refractivity contribution in [3.05, 3.63) is 0 Å². The molecule has 0 amide bonds. The molecule has 18 heavy (non-hydrogen) atoms. The molecule has 0 radical (unpaired) electrons. The minimum absolute atomic E-state index is 0.231. The molecule has 3 nitrogen and oxygen atoms in total. The van der Waals surface area contributed by atoms with Gasteiger partial charge in [-0.15, -0.1) is 0 Å². The lowest BCUT2D eigenvalue weighted by molar-refractivity contribution is -0.145. The zero-order chi connectivity index (χ0) is 13.1. The molecule has 0 aromatic carbocycles. The van der Waals surface area contributed by atoms with Crippen molar-refractivity contribution in [2.75, 3.05) is 6.54 Å². The Hall–Kier alpha value is -0.570. The van der Waals surface area contributed by atoms with Gasteiger partial charge in [-0.2, -0.15) is 0 Å². The van der Waals surface area contributed by atoms with E-state index in [9.17, 15) is 9.90 Å². The van der Waals surface area contributed by atoms with Crippen molar-refractivity contribution in [3.63, 3.8) is 0 Å². The highest BCUT2D eigenvalue weighted by Gasteiger charge is 2.37. The Bertz CT molecular complexity index is 292. The van der Waals surface area contributed by atoms with Gasteiger partial charge in [0, 0.05) is 6.04 Å². The molecule has 2 rings (SSSR count). The van der Waals surface area contributed by atoms with Crippen LogP contribution in [0, 0.1) is 11.8 Å². The van der Waals surface area contributed by atoms with E-state index < -0.39 is 5.97 Å². The Morgan fingerprint density at radius 3 is 2.61 bits per heavy atom. The average Bonchev–Trinajstić information content (AvgIpc) is 2.57. The van der Waals surface area contributed by atoms with Gasteiger partial charge in [0.1, 0.15) is 6.04 Å². The smallest absolute Gasteiger partial charge is 0.320 e. The SMILES string of the molecule is CC1CCC(C)C(N2CCCCCC2C(=O)O)C1. The van der Waals surface area contributed by atoms with Gasteiger partial charge in [-0.05, 0) is 44.1 Å². The summed E-state index contributed by atoms with van der Waals surface area (Å²) in [5.41, 5.74) is 0. The fraction of sp³-hybridized carbons (Fsp3) is 0.933. The quantitative estimate of drug-likeness (QED) is 0.822. The largest absolute Gasteiger partial charge is 0.480 e. The number of likely N-dealkylation sites (tertiary alicyclic amines) is 1. The number of carbonyl (C=O) groups is 1. The van der Waals surface area contributed by atoms with E-state index in [4.69, 9.17) is 0 Å². The second-order valence-corrected chi connectivity index (χ2v) is 6.40. The number of rotatable bonds is 2. The molecule has 1 saturated heterocycles. The van der Waals surface area contributed by atoms with Crippen LogP contribution >= 0.6 is 0 Å². The lowest BCUT2D eigenvalue weighted by Crippen LogP contribution is -2.51. The predicted octanol–water partition coefficient (Wildman–Crippen LogP) is 3.14. The summed E-state index contributed by atoms with van der Waals surface area (Å²) >= 11 is 0. The first-order chi connectivity index (χ1) is 8.59. The zero-order valence-electron chi connectivity index (χ0n) is 11.8. The topological polar surface area (TPSA) is 40.5 Å². The Kier molecular flexibility index (Phi) is 4.66. The van der Waals surface area contributed by atoms with E-state index in [2.05, 4.69) is 18.7 Å². The molecule has 4 unspecified atom stereocenters. The Morgan fingerprint density at radius 1 is 1.11 bits per heavy atom. The standard InChI is InChI=1S/C15H27NO2/c1-11-7-8-12(2)14(10-11)16-9-5-3-4-6-13(16)15(17)18/h11-14H,3-10H2,1-2H3,(H,17,18). The first-order valence-corrected chi connectivity index (χ1v) is 7.58. The molecule has 104 valence electrons. The molecule has 0 spiro atoms. The average molecular weight is 253 g/mol. The van der Waals surface area contributed by atoms with Crippen LogP contribution in [0.25, 0.3) is 0 Å². The number of aliphatic carboxylic acids is 1. The first-order valence-electron chi connectivity index (χ1n) is 7.58. The van der Waals surface area contributed by atoms with Crippen molar-refractivity contribution in [2.45, 2.75) is 70.9 Å². The van der Waals surface area contributed by atoms with E-state index in [0.717, 1.165) is 25.3 Å². The fourth-order valence-electron chi connectivity index (χ4n) is 3.76. The van der Waals surface area contributed by atoms with Crippen LogP contribution in [0.1, 0.15) is 58.8 Å². The summed E-state index contributed by atoms with van der Waals surface area (Å²) in [5, 5.41) is 9.47. The molecule has 1 aliphatic heterocycles. The van der Waals surface area contributed by atoms with Crippen molar-refractivity contribution in [3.8, 4) is 0 Å². The molecule has 2 aliphatic rings. The third kappa shape index (κ3) is 3.05. The molecule has 1 saturated carbocycles. The first kappa shape index (κ1) is 13.9. The summed E-state index contributed by atoms with van der Waals surface area (Å²) < 4.78 is 0. The van der Waals surface area contributed by atoms with Gasteiger partial charge in [-0.25, -0.2) is 0 Å². The number of nitrogens with zero attached hydrogens (tertiary/aromatic N) is 1. The molecule has 1 aliphatic carbocycles. The maximum absolute atomic E-state index is 11.5. The van der Waals surface area contributed by atoms with Crippen LogP contribution in [0.4, 0.5) is 0 Å². The third-order valence-corrected chi connectivity index (χ3v) is 4.92. The van der Waals surface area contributed by atoms with E-state index in [1.807, 2.05) is 0 Å². The summed E-state index contributed by atoms with van der Waals surface area (Å²) in [6.45, 7) is 5.60. The summed E-state index contributed by atoms with van der Waals surface area (Å²) in [7, 11) is 0. The van der Waals surface area contributed by atoms with Crippen LogP contribution in [-0.2, 0) is 4.79 Å². The molecule has 0 bridgehead atoms. The normalized spacial score (nSPS) is 39.2. The van der Waals surface area contributed by atoms with Gasteiger partial charge >= 0.3 is 5.97 Å². The number of hydrogen-bond acceptors (Lipinski definition) is 2. The second kappa shape index (κ2) is 6.05. The third-order valence-electron chi connectivity index (χ3n) is 4.92. The highest BCUT2D eigenvalue weighted by atomic mass is 16.4. The van der Waals surface area contributed by atoms with Gasteiger partial charge in [-0.1, -0.05) is 33.1 Å². The van der Waals surface area contributed by atoms with Gasteiger partial charge in [0.05, 0.1) is 0 Å². The minimum atomic E-state index is -0.609. The Morgan fingerprint density at radius 2 is 1.89 bits per heavy atom. The lowest BCUT2D eigenvalue weighted by Gasteiger charge is -2.42. The predicted molar refractivity (Wildman–Crippen MR) is 72.6 cm³/mol. The molecule has 4 atom stereocenters. The van der Waals surface area contributed by atoms with E-state index in [1.165, 1.54) is 32.1 Å². The van der Waals surface area contributed by atoms with Crippen LogP contribution in [-0.4, -0.2) is 34.6 Å². The van der Waals surface area contributed by atoms with Gasteiger partial charge in [0.2, 0.25) is 0 Å². The van der Waals surface area contributed by atoms with Crippen LogP contribution in [0.2, 0.25) is 0 Å². The van der Waals surface area contributed by atoms with E-state index in [0.29, 0.717) is 12.0 Å². The number of carboxylic acids is 1. The Labute approximate surface area is 111 Å². The zero-order valence-corrected chi connectivity index (χ0v) is 11.8. The fourth-order valence-corrected chi connectivity index (χ4v) is 3.76. The van der Waals surface area contributed by atoms with Crippen molar-refractivity contribution in [2.24, 2.45) is 11.8 Å². The second-order valence-electron chi connectivity index (χ2n) is 6.40. The molecule has 0 aromatic heterocycles.